The van der Waals surface area contributed by atoms with E-state index in [4.69, 9.17) is 5.41 Å². The van der Waals surface area contributed by atoms with E-state index in [0.717, 1.165) is 22.5 Å². The van der Waals surface area contributed by atoms with Crippen molar-refractivity contribution in [3.05, 3.63) is 87.2 Å². The summed E-state index contributed by atoms with van der Waals surface area (Å²) in [5.41, 5.74) is 2.06. The Morgan fingerprint density at radius 1 is 0.969 bits per heavy atom. The highest BCUT2D eigenvalue weighted by Gasteiger charge is 2.12. The van der Waals surface area contributed by atoms with Crippen molar-refractivity contribution in [2.45, 2.75) is 26.4 Å². The van der Waals surface area contributed by atoms with E-state index in [9.17, 15) is 18.4 Å². The van der Waals surface area contributed by atoms with Crippen LogP contribution < -0.4 is 15.4 Å². The summed E-state index contributed by atoms with van der Waals surface area (Å²) < 4.78 is 27.2. The summed E-state index contributed by atoms with van der Waals surface area (Å²) in [6.07, 6.45) is -0.0371. The van der Waals surface area contributed by atoms with Crippen LogP contribution in [0.2, 0.25) is 0 Å². The van der Waals surface area contributed by atoms with E-state index in [1.807, 2.05) is 0 Å². The lowest BCUT2D eigenvalue weighted by Gasteiger charge is -2.08. The van der Waals surface area contributed by atoms with Crippen LogP contribution in [0.4, 0.5) is 8.78 Å². The standard InChI is InChI=1S/C22H21F2N5O2S/c1-14(21(31)27-12-16-4-8-18(24)9-5-16)28-29-19(13-32-22(29)25)10-20(30)26-11-15-2-6-17(23)7-3-15/h2-9,13,25H,10-12H2,1H3,(H,26,30)(H,27,31)/b25-22?,28-14-. The summed E-state index contributed by atoms with van der Waals surface area (Å²) in [6, 6.07) is 11.6. The molecule has 32 heavy (non-hydrogen) atoms. The van der Waals surface area contributed by atoms with Gasteiger partial charge < -0.3 is 10.6 Å². The van der Waals surface area contributed by atoms with E-state index in [0.29, 0.717) is 5.69 Å². The zero-order chi connectivity index (χ0) is 23.1. The summed E-state index contributed by atoms with van der Waals surface area (Å²) in [5.74, 6) is -1.45. The number of halogens is 2. The number of rotatable bonds is 8. The quantitative estimate of drug-likeness (QED) is 0.453. The lowest BCUT2D eigenvalue weighted by molar-refractivity contribution is -0.120. The van der Waals surface area contributed by atoms with Gasteiger partial charge >= 0.3 is 0 Å². The Morgan fingerprint density at radius 3 is 2.06 bits per heavy atom. The number of thiazole rings is 1. The van der Waals surface area contributed by atoms with Crippen LogP contribution in [0.15, 0.2) is 59.0 Å². The molecule has 0 aliphatic rings. The van der Waals surface area contributed by atoms with Gasteiger partial charge in [-0.05, 0) is 42.3 Å². The first-order valence-corrected chi connectivity index (χ1v) is 10.5. The van der Waals surface area contributed by atoms with Crippen molar-refractivity contribution in [1.29, 1.82) is 5.41 Å². The molecular formula is C22H21F2N5O2S. The van der Waals surface area contributed by atoms with Crippen LogP contribution in [0, 0.1) is 17.0 Å². The zero-order valence-electron chi connectivity index (χ0n) is 17.2. The molecule has 3 N–H and O–H groups in total. The largest absolute Gasteiger partial charge is 0.352 e. The van der Waals surface area contributed by atoms with Gasteiger partial charge in [-0.2, -0.15) is 5.10 Å². The van der Waals surface area contributed by atoms with Gasteiger partial charge in [-0.15, -0.1) is 11.3 Å². The lowest BCUT2D eigenvalue weighted by Crippen LogP contribution is -2.31. The maximum Gasteiger partial charge on any atom is 0.267 e. The van der Waals surface area contributed by atoms with Crippen molar-refractivity contribution >= 4 is 28.9 Å². The zero-order valence-corrected chi connectivity index (χ0v) is 18.0. The molecule has 0 unspecified atom stereocenters. The van der Waals surface area contributed by atoms with Gasteiger partial charge in [0, 0.05) is 18.5 Å². The molecule has 0 spiro atoms. The van der Waals surface area contributed by atoms with E-state index in [2.05, 4.69) is 15.7 Å². The second-order valence-corrected chi connectivity index (χ2v) is 7.78. The smallest absolute Gasteiger partial charge is 0.267 e. The summed E-state index contributed by atoms with van der Waals surface area (Å²) in [4.78, 5) is 24.7. The highest BCUT2D eigenvalue weighted by molar-refractivity contribution is 7.07. The van der Waals surface area contributed by atoms with E-state index in [-0.39, 0.29) is 47.6 Å². The average molecular weight is 458 g/mol. The topological polar surface area (TPSA) is 99.3 Å². The number of benzene rings is 2. The predicted molar refractivity (Wildman–Crippen MR) is 117 cm³/mol. The van der Waals surface area contributed by atoms with Crippen LogP contribution >= 0.6 is 11.3 Å². The first-order chi connectivity index (χ1) is 15.3. The second-order valence-electron chi connectivity index (χ2n) is 6.92. The number of nitrogens with one attached hydrogen (secondary N) is 3. The molecule has 0 atom stereocenters. The number of hydrogen-bond donors (Lipinski definition) is 3. The van der Waals surface area contributed by atoms with Gasteiger partial charge in [0.2, 0.25) is 10.7 Å². The highest BCUT2D eigenvalue weighted by Crippen LogP contribution is 2.06. The molecule has 0 saturated heterocycles. The molecule has 0 aliphatic carbocycles. The summed E-state index contributed by atoms with van der Waals surface area (Å²) in [7, 11) is 0. The molecule has 0 bridgehead atoms. The molecule has 1 heterocycles. The number of amides is 2. The highest BCUT2D eigenvalue weighted by atomic mass is 32.1. The molecule has 3 rings (SSSR count). The third kappa shape index (κ3) is 6.42. The Balaban J connectivity index is 1.60. The van der Waals surface area contributed by atoms with Crippen molar-refractivity contribution in [2.24, 2.45) is 5.10 Å². The second kappa shape index (κ2) is 10.6. The van der Waals surface area contributed by atoms with Gasteiger partial charge in [-0.25, -0.2) is 13.5 Å². The molecule has 2 amide bonds. The van der Waals surface area contributed by atoms with Crippen molar-refractivity contribution in [1.82, 2.24) is 15.3 Å². The van der Waals surface area contributed by atoms with Crippen LogP contribution in [0.5, 0.6) is 0 Å². The Bertz CT molecular complexity index is 1180. The number of hydrogen-bond acceptors (Lipinski definition) is 5. The molecule has 0 aliphatic heterocycles. The van der Waals surface area contributed by atoms with Crippen molar-refractivity contribution in [2.75, 3.05) is 0 Å². The van der Waals surface area contributed by atoms with E-state index in [1.54, 1.807) is 29.6 Å². The normalized spacial score (nSPS) is 11.3. The maximum atomic E-state index is 13.0. The average Bonchev–Trinajstić information content (AvgIpc) is 3.11. The number of nitrogens with zero attached hydrogens (tertiary/aromatic N) is 2. The van der Waals surface area contributed by atoms with Crippen LogP contribution in [0.1, 0.15) is 23.7 Å². The van der Waals surface area contributed by atoms with Gasteiger partial charge in [0.25, 0.3) is 5.91 Å². The van der Waals surface area contributed by atoms with E-state index in [1.165, 1.54) is 35.9 Å². The number of aromatic nitrogens is 1. The maximum absolute atomic E-state index is 13.0. The van der Waals surface area contributed by atoms with Gasteiger partial charge in [-0.3, -0.25) is 15.0 Å². The molecule has 7 nitrogen and oxygen atoms in total. The lowest BCUT2D eigenvalue weighted by atomic mass is 10.2. The van der Waals surface area contributed by atoms with Crippen LogP contribution in [-0.2, 0) is 29.1 Å². The molecule has 0 radical (unpaired) electrons. The minimum atomic E-state index is -0.445. The molecular weight excluding hydrogens is 436 g/mol. The van der Waals surface area contributed by atoms with Crippen molar-refractivity contribution in [3.63, 3.8) is 0 Å². The van der Waals surface area contributed by atoms with Crippen molar-refractivity contribution < 1.29 is 18.4 Å². The molecule has 3 aromatic rings. The SMILES string of the molecule is C/C(=N/n1c(CC(=O)NCc2ccc(F)cc2)csc1=N)C(=O)NCc1ccc(F)cc1. The summed E-state index contributed by atoms with van der Waals surface area (Å²) >= 11 is 1.09. The third-order valence-electron chi connectivity index (χ3n) is 4.46. The first kappa shape index (κ1) is 23.0. The summed E-state index contributed by atoms with van der Waals surface area (Å²) in [6.45, 7) is 1.94. The van der Waals surface area contributed by atoms with E-state index >= 15 is 0 Å². The van der Waals surface area contributed by atoms with Crippen LogP contribution in [-0.4, -0.2) is 22.2 Å². The monoisotopic (exact) mass is 457 g/mol. The van der Waals surface area contributed by atoms with Crippen LogP contribution in [0.3, 0.4) is 0 Å². The Labute approximate surface area is 186 Å². The minimum Gasteiger partial charge on any atom is -0.352 e. The Hall–Kier alpha value is -3.66. The van der Waals surface area contributed by atoms with Gasteiger partial charge in [0.15, 0.2) is 0 Å². The molecule has 10 heteroatoms. The predicted octanol–water partition coefficient (Wildman–Crippen LogP) is 2.71. The fraction of sp³-hybridized carbons (Fsp3) is 0.182. The van der Waals surface area contributed by atoms with E-state index < -0.39 is 5.91 Å². The number of carbonyl (C=O) groups is 2. The number of carbonyl (C=O) groups excluding carboxylic acids is 2. The molecule has 1 aromatic heterocycles. The molecule has 2 aromatic carbocycles. The van der Waals surface area contributed by atoms with Gasteiger partial charge in [0.05, 0.1) is 12.1 Å². The fourth-order valence-corrected chi connectivity index (χ4v) is 3.41. The molecule has 0 fully saturated rings. The third-order valence-corrected chi connectivity index (χ3v) is 5.25. The van der Waals surface area contributed by atoms with Crippen molar-refractivity contribution in [3.8, 4) is 0 Å². The van der Waals surface area contributed by atoms with Gasteiger partial charge in [0.1, 0.15) is 17.3 Å². The van der Waals surface area contributed by atoms with Gasteiger partial charge in [-0.1, -0.05) is 24.3 Å². The van der Waals surface area contributed by atoms with Crippen LogP contribution in [0.25, 0.3) is 0 Å². The first-order valence-electron chi connectivity index (χ1n) is 9.65. The summed E-state index contributed by atoms with van der Waals surface area (Å²) in [5, 5.41) is 19.3. The fourth-order valence-electron chi connectivity index (χ4n) is 2.72. The Morgan fingerprint density at radius 2 is 1.50 bits per heavy atom. The Kier molecular flexibility index (Phi) is 7.61. The minimum absolute atomic E-state index is 0.0371. The molecule has 166 valence electrons. The molecule has 0 saturated carbocycles.